The molecule has 140 valence electrons. The van der Waals surface area contributed by atoms with Crippen molar-refractivity contribution in [2.75, 3.05) is 7.11 Å². The fraction of sp³-hybridized carbons (Fsp3) is 0.0417. The van der Waals surface area contributed by atoms with Gasteiger partial charge in [-0.2, -0.15) is 5.26 Å². The lowest BCUT2D eigenvalue weighted by Crippen LogP contribution is -2.10. The van der Waals surface area contributed by atoms with Crippen molar-refractivity contribution >= 4 is 16.9 Å². The number of rotatable bonds is 4. The number of nitriles is 1. The summed E-state index contributed by atoms with van der Waals surface area (Å²) in [6, 6.07) is 25.2. The van der Waals surface area contributed by atoms with E-state index in [0.717, 1.165) is 11.3 Å². The highest BCUT2D eigenvalue weighted by Gasteiger charge is 2.16. The molecule has 4 rings (SSSR count). The van der Waals surface area contributed by atoms with E-state index in [2.05, 4.69) is 4.98 Å². The van der Waals surface area contributed by atoms with Crippen LogP contribution >= 0.6 is 0 Å². The van der Waals surface area contributed by atoms with E-state index in [0.29, 0.717) is 33.5 Å². The van der Waals surface area contributed by atoms with Crippen LogP contribution in [0.2, 0.25) is 0 Å². The van der Waals surface area contributed by atoms with Crippen molar-refractivity contribution in [3.63, 3.8) is 0 Å². The predicted molar refractivity (Wildman–Crippen MR) is 110 cm³/mol. The average Bonchev–Trinajstić information content (AvgIpc) is 2.78. The van der Waals surface area contributed by atoms with Gasteiger partial charge in [-0.05, 0) is 54.6 Å². The van der Waals surface area contributed by atoms with Gasteiger partial charge in [0.1, 0.15) is 11.5 Å². The molecule has 1 heterocycles. The third-order valence-corrected chi connectivity index (χ3v) is 4.50. The molecule has 0 bridgehead atoms. The first-order valence-electron chi connectivity index (χ1n) is 8.94. The maximum absolute atomic E-state index is 13.0. The van der Waals surface area contributed by atoms with Crippen molar-refractivity contribution in [1.29, 1.82) is 5.26 Å². The van der Waals surface area contributed by atoms with Crippen LogP contribution in [0.5, 0.6) is 11.5 Å². The Morgan fingerprint density at radius 2 is 1.72 bits per heavy atom. The molecule has 0 fully saturated rings. The molecule has 3 aromatic carbocycles. The molecule has 0 saturated carbocycles. The van der Waals surface area contributed by atoms with Crippen molar-refractivity contribution in [3.05, 3.63) is 90.0 Å². The molecule has 4 aromatic rings. The number of pyridine rings is 1. The van der Waals surface area contributed by atoms with Gasteiger partial charge in [0.15, 0.2) is 0 Å². The molecular formula is C24H16N2O3. The molecule has 0 aliphatic rings. The lowest BCUT2D eigenvalue weighted by atomic mass is 10.0. The molecule has 5 nitrogen and oxygen atoms in total. The number of aromatic nitrogens is 1. The van der Waals surface area contributed by atoms with E-state index in [1.807, 2.05) is 54.6 Å². The lowest BCUT2D eigenvalue weighted by molar-refractivity contribution is 0.0737. The van der Waals surface area contributed by atoms with E-state index in [9.17, 15) is 4.79 Å². The topological polar surface area (TPSA) is 72.2 Å². The van der Waals surface area contributed by atoms with Crippen molar-refractivity contribution in [1.82, 2.24) is 4.98 Å². The highest BCUT2D eigenvalue weighted by Crippen LogP contribution is 2.27. The second-order valence-electron chi connectivity index (χ2n) is 6.33. The quantitative estimate of drug-likeness (QED) is 0.368. The minimum absolute atomic E-state index is 0.320. The summed E-state index contributed by atoms with van der Waals surface area (Å²) in [5, 5.41) is 9.75. The van der Waals surface area contributed by atoms with Gasteiger partial charge in [0.05, 0.1) is 35.5 Å². The minimum atomic E-state index is -0.506. The fourth-order valence-corrected chi connectivity index (χ4v) is 3.05. The summed E-state index contributed by atoms with van der Waals surface area (Å²) < 4.78 is 10.7. The van der Waals surface area contributed by atoms with E-state index in [1.165, 1.54) is 6.07 Å². The van der Waals surface area contributed by atoms with Crippen LogP contribution in [0, 0.1) is 11.3 Å². The monoisotopic (exact) mass is 380 g/mol. The number of para-hydroxylation sites is 1. The van der Waals surface area contributed by atoms with Crippen molar-refractivity contribution in [2.45, 2.75) is 0 Å². The van der Waals surface area contributed by atoms with Gasteiger partial charge in [-0.3, -0.25) is 0 Å². The molecule has 0 radical (unpaired) electrons. The molecule has 0 aliphatic heterocycles. The number of methoxy groups -OCH3 is 1. The number of carbonyl (C=O) groups excluding carboxylic acids is 1. The van der Waals surface area contributed by atoms with Gasteiger partial charge in [-0.25, -0.2) is 9.78 Å². The zero-order valence-corrected chi connectivity index (χ0v) is 15.6. The number of benzene rings is 3. The number of esters is 1. The standard InChI is InChI=1S/C24H16N2O3/c1-28-18-11-9-17(10-12-18)23-14-21(20-7-2-3-8-22(20)26-23)24(27)29-19-6-4-5-16(13-19)15-25/h2-14H,1H3. The number of nitrogens with zero attached hydrogens (tertiary/aromatic N) is 2. The minimum Gasteiger partial charge on any atom is -0.497 e. The smallest absolute Gasteiger partial charge is 0.344 e. The van der Waals surface area contributed by atoms with E-state index in [-0.39, 0.29) is 0 Å². The zero-order chi connectivity index (χ0) is 20.2. The first kappa shape index (κ1) is 18.2. The Labute approximate surface area is 167 Å². The van der Waals surface area contributed by atoms with Gasteiger partial charge in [0.25, 0.3) is 0 Å². The maximum Gasteiger partial charge on any atom is 0.344 e. The van der Waals surface area contributed by atoms with Crippen LogP contribution in [0.4, 0.5) is 0 Å². The van der Waals surface area contributed by atoms with Gasteiger partial charge < -0.3 is 9.47 Å². The Hall–Kier alpha value is -4.17. The van der Waals surface area contributed by atoms with E-state index >= 15 is 0 Å². The molecule has 0 aliphatic carbocycles. The Kier molecular flexibility index (Phi) is 4.91. The van der Waals surface area contributed by atoms with Gasteiger partial charge in [0.2, 0.25) is 0 Å². The molecule has 1 aromatic heterocycles. The van der Waals surface area contributed by atoms with Gasteiger partial charge >= 0.3 is 5.97 Å². The van der Waals surface area contributed by atoms with Crippen molar-refractivity contribution < 1.29 is 14.3 Å². The van der Waals surface area contributed by atoms with Crippen molar-refractivity contribution in [2.24, 2.45) is 0 Å². The molecule has 0 saturated heterocycles. The van der Waals surface area contributed by atoms with Gasteiger partial charge in [-0.1, -0.05) is 24.3 Å². The van der Waals surface area contributed by atoms with Crippen LogP contribution in [-0.4, -0.2) is 18.1 Å². The van der Waals surface area contributed by atoms with E-state index in [1.54, 1.807) is 31.4 Å². The molecule has 0 atom stereocenters. The Balaban J connectivity index is 1.77. The predicted octanol–water partition coefficient (Wildman–Crippen LogP) is 5.00. The summed E-state index contributed by atoms with van der Waals surface area (Å²) in [5.74, 6) is 0.556. The molecule has 0 amide bonds. The number of hydrogen-bond donors (Lipinski definition) is 0. The highest BCUT2D eigenvalue weighted by atomic mass is 16.5. The largest absolute Gasteiger partial charge is 0.497 e. The third kappa shape index (κ3) is 3.78. The molecule has 0 unspecified atom stereocenters. The Morgan fingerprint density at radius 3 is 2.48 bits per heavy atom. The maximum atomic E-state index is 13.0. The van der Waals surface area contributed by atoms with Gasteiger partial charge in [0, 0.05) is 10.9 Å². The average molecular weight is 380 g/mol. The second-order valence-corrected chi connectivity index (χ2v) is 6.33. The van der Waals surface area contributed by atoms with E-state index < -0.39 is 5.97 Å². The van der Waals surface area contributed by atoms with Crippen LogP contribution in [0.25, 0.3) is 22.2 Å². The van der Waals surface area contributed by atoms with Gasteiger partial charge in [-0.15, -0.1) is 0 Å². The molecule has 0 spiro atoms. The van der Waals surface area contributed by atoms with E-state index in [4.69, 9.17) is 14.7 Å². The molecular weight excluding hydrogens is 364 g/mol. The van der Waals surface area contributed by atoms with Crippen LogP contribution in [0.3, 0.4) is 0 Å². The number of hydrogen-bond acceptors (Lipinski definition) is 5. The Morgan fingerprint density at radius 1 is 0.931 bits per heavy atom. The molecule has 0 N–H and O–H groups in total. The molecule has 29 heavy (non-hydrogen) atoms. The zero-order valence-electron chi connectivity index (χ0n) is 15.6. The number of ether oxygens (including phenoxy) is 2. The van der Waals surface area contributed by atoms with Crippen LogP contribution in [0.15, 0.2) is 78.9 Å². The first-order valence-corrected chi connectivity index (χ1v) is 8.94. The lowest BCUT2D eigenvalue weighted by Gasteiger charge is -2.10. The Bertz CT molecular complexity index is 1240. The fourth-order valence-electron chi connectivity index (χ4n) is 3.05. The highest BCUT2D eigenvalue weighted by molar-refractivity contribution is 6.05. The molecule has 5 heteroatoms. The van der Waals surface area contributed by atoms with Crippen molar-refractivity contribution in [3.8, 4) is 28.8 Å². The third-order valence-electron chi connectivity index (χ3n) is 4.50. The number of carbonyl (C=O) groups is 1. The summed E-state index contributed by atoms with van der Waals surface area (Å²) in [4.78, 5) is 17.6. The van der Waals surface area contributed by atoms with Crippen LogP contribution in [-0.2, 0) is 0 Å². The summed E-state index contributed by atoms with van der Waals surface area (Å²) in [6.45, 7) is 0. The number of fused-ring (bicyclic) bond motifs is 1. The second kappa shape index (κ2) is 7.83. The SMILES string of the molecule is COc1ccc(-c2cc(C(=O)Oc3cccc(C#N)c3)c3ccccc3n2)cc1. The summed E-state index contributed by atoms with van der Waals surface area (Å²) in [6.07, 6.45) is 0. The summed E-state index contributed by atoms with van der Waals surface area (Å²) in [7, 11) is 1.61. The van der Waals surface area contributed by atoms with Crippen LogP contribution < -0.4 is 9.47 Å². The first-order chi connectivity index (χ1) is 14.2. The van der Waals surface area contributed by atoms with Crippen LogP contribution in [0.1, 0.15) is 15.9 Å². The normalized spacial score (nSPS) is 10.3. The summed E-state index contributed by atoms with van der Waals surface area (Å²) in [5.41, 5.74) is 3.04. The summed E-state index contributed by atoms with van der Waals surface area (Å²) >= 11 is 0.